The second kappa shape index (κ2) is 40.8. The summed E-state index contributed by atoms with van der Waals surface area (Å²) in [6, 6.07) is -0.833. The first-order valence-corrected chi connectivity index (χ1v) is 9.52. The molecule has 0 saturated carbocycles. The Morgan fingerprint density at radius 2 is 1.13 bits per heavy atom. The molecule has 1 aliphatic heterocycles. The number of urea groups is 1. The van der Waals surface area contributed by atoms with Crippen LogP contribution in [0.2, 0.25) is 0 Å². The summed E-state index contributed by atoms with van der Waals surface area (Å²) in [5.74, 6) is 0. The second-order valence-corrected chi connectivity index (χ2v) is 5.07. The SMILES string of the molecule is N.N.NC(=O)OCOCCO.NC(=O)OCOCCO.NC(N)=O.O=C1OCC(CO)O1.OCCOCO. The number of hydrogen-bond donors (Lipinski definition) is 11. The largest absolute Gasteiger partial charge is 0.508 e. The highest BCUT2D eigenvalue weighted by atomic mass is 16.8. The average Bonchev–Trinajstić information content (AvgIpc) is 3.24. The summed E-state index contributed by atoms with van der Waals surface area (Å²) in [5, 5.41) is 40.4. The number of cyclic esters (lactones) is 2. The third-order valence-corrected chi connectivity index (χ3v) is 2.22. The zero-order valence-electron chi connectivity index (χ0n) is 20.8. The maximum absolute atomic E-state index is 10.1. The van der Waals surface area contributed by atoms with Crippen molar-refractivity contribution in [2.45, 2.75) is 6.10 Å². The minimum atomic E-state index is -0.882. The lowest BCUT2D eigenvalue weighted by molar-refractivity contribution is -0.0242. The molecule has 1 atom stereocenters. The molecule has 22 heteroatoms. The van der Waals surface area contributed by atoms with Crippen LogP contribution < -0.4 is 35.2 Å². The van der Waals surface area contributed by atoms with E-state index in [2.05, 4.69) is 56.1 Å². The minimum Gasteiger partial charge on any atom is -0.430 e. The predicted octanol–water partition coefficient (Wildman–Crippen LogP) is -4.10. The van der Waals surface area contributed by atoms with Crippen LogP contribution in [0.1, 0.15) is 0 Å². The first kappa shape index (κ1) is 47.8. The number of amides is 4. The number of carbonyl (C=O) groups excluding carboxylic acids is 4. The Morgan fingerprint density at radius 3 is 1.32 bits per heavy atom. The number of hydrogen-bond acceptors (Lipinski definition) is 18. The predicted molar refractivity (Wildman–Crippen MR) is 124 cm³/mol. The van der Waals surface area contributed by atoms with Gasteiger partial charge in [0.2, 0.25) is 0 Å². The van der Waals surface area contributed by atoms with Gasteiger partial charge >= 0.3 is 24.4 Å². The van der Waals surface area contributed by atoms with E-state index in [9.17, 15) is 14.4 Å². The fourth-order valence-corrected chi connectivity index (χ4v) is 1.03. The van der Waals surface area contributed by atoms with E-state index < -0.39 is 30.5 Å². The van der Waals surface area contributed by atoms with Crippen LogP contribution in [-0.4, -0.2) is 129 Å². The van der Waals surface area contributed by atoms with Crippen molar-refractivity contribution in [2.75, 3.05) is 73.2 Å². The zero-order chi connectivity index (χ0) is 28.6. The summed E-state index contributed by atoms with van der Waals surface area (Å²) in [6.45, 7) is -0.394. The monoisotopic (exact) mass is 574 g/mol. The third kappa shape index (κ3) is 63.8. The van der Waals surface area contributed by atoms with Crippen molar-refractivity contribution in [3.8, 4) is 0 Å². The second-order valence-electron chi connectivity index (χ2n) is 5.07. The van der Waals surface area contributed by atoms with Crippen LogP contribution in [0.5, 0.6) is 0 Å². The number of primary amides is 4. The van der Waals surface area contributed by atoms with Crippen molar-refractivity contribution >= 4 is 24.4 Å². The van der Waals surface area contributed by atoms with Gasteiger partial charge in [-0.3, -0.25) is 0 Å². The average molecular weight is 575 g/mol. The summed E-state index contributed by atoms with van der Waals surface area (Å²) in [6.07, 6.45) is -2.90. The van der Waals surface area contributed by atoms with Crippen LogP contribution in [0.25, 0.3) is 0 Å². The van der Waals surface area contributed by atoms with Crippen molar-refractivity contribution in [3.05, 3.63) is 0 Å². The molecule has 19 N–H and O–H groups in total. The van der Waals surface area contributed by atoms with Gasteiger partial charge in [0.25, 0.3) is 0 Å². The van der Waals surface area contributed by atoms with Gasteiger partial charge in [-0.15, -0.1) is 0 Å². The lowest BCUT2D eigenvalue weighted by Crippen LogP contribution is -2.18. The number of aliphatic hydroxyl groups is 5. The van der Waals surface area contributed by atoms with E-state index in [0.29, 0.717) is 0 Å². The maximum Gasteiger partial charge on any atom is 0.508 e. The number of carbonyl (C=O) groups is 4. The van der Waals surface area contributed by atoms with Crippen LogP contribution in [0, 0.1) is 0 Å². The van der Waals surface area contributed by atoms with E-state index in [0.717, 1.165) is 0 Å². The molecule has 0 radical (unpaired) electrons. The summed E-state index contributed by atoms with van der Waals surface area (Å²) in [7, 11) is 0. The van der Waals surface area contributed by atoms with E-state index in [1.54, 1.807) is 0 Å². The maximum atomic E-state index is 10.1. The molecule has 0 aromatic heterocycles. The highest BCUT2D eigenvalue weighted by molar-refractivity contribution is 5.69. The fourth-order valence-electron chi connectivity index (χ4n) is 1.03. The molecule has 232 valence electrons. The van der Waals surface area contributed by atoms with Crippen molar-refractivity contribution in [1.29, 1.82) is 0 Å². The molecule has 0 spiro atoms. The Hall–Kier alpha value is -3.32. The first-order chi connectivity index (χ1) is 17.0. The van der Waals surface area contributed by atoms with Gasteiger partial charge in [0, 0.05) is 0 Å². The van der Waals surface area contributed by atoms with E-state index in [1.807, 2.05) is 0 Å². The molecule has 1 heterocycles. The molecule has 1 fully saturated rings. The van der Waals surface area contributed by atoms with Crippen LogP contribution in [0.4, 0.5) is 19.2 Å². The van der Waals surface area contributed by atoms with Crippen molar-refractivity contribution in [3.63, 3.8) is 0 Å². The van der Waals surface area contributed by atoms with E-state index in [-0.39, 0.29) is 85.5 Å². The first-order valence-electron chi connectivity index (χ1n) is 9.52. The summed E-state index contributed by atoms with van der Waals surface area (Å²) in [4.78, 5) is 38.7. The Bertz CT molecular complexity index is 504. The van der Waals surface area contributed by atoms with Crippen LogP contribution >= 0.6 is 0 Å². The fraction of sp³-hybridized carbons (Fsp3) is 0.750. The molecule has 0 bridgehead atoms. The Kier molecular flexibility index (Phi) is 51.4. The molecular formula is C16H42N6O16. The molecule has 1 aliphatic rings. The smallest absolute Gasteiger partial charge is 0.430 e. The molecule has 0 aliphatic carbocycles. The van der Waals surface area contributed by atoms with Gasteiger partial charge in [-0.1, -0.05) is 0 Å². The quantitative estimate of drug-likeness (QED) is 0.0456. The highest BCUT2D eigenvalue weighted by Gasteiger charge is 2.23. The van der Waals surface area contributed by atoms with Gasteiger partial charge in [0.15, 0.2) is 19.7 Å². The van der Waals surface area contributed by atoms with Gasteiger partial charge in [-0.25, -0.2) is 19.2 Å². The normalized spacial score (nSPS) is 12.0. The Balaban J connectivity index is -0.0000000850. The van der Waals surface area contributed by atoms with Gasteiger partial charge in [0.05, 0.1) is 46.2 Å². The molecule has 0 aromatic rings. The van der Waals surface area contributed by atoms with Gasteiger partial charge in [-0.2, -0.15) is 0 Å². The molecule has 1 rings (SSSR count). The number of ether oxygens (including phenoxy) is 7. The van der Waals surface area contributed by atoms with Crippen LogP contribution in [-0.2, 0) is 33.2 Å². The highest BCUT2D eigenvalue weighted by Crippen LogP contribution is 2.03. The lowest BCUT2D eigenvalue weighted by atomic mass is 10.4. The Labute approximate surface area is 217 Å². The van der Waals surface area contributed by atoms with Crippen molar-refractivity contribution < 1.29 is 77.9 Å². The third-order valence-electron chi connectivity index (χ3n) is 2.22. The topological polar surface area (TPSA) is 408 Å². The van der Waals surface area contributed by atoms with Gasteiger partial charge in [0.1, 0.15) is 13.4 Å². The van der Waals surface area contributed by atoms with Crippen molar-refractivity contribution in [1.82, 2.24) is 12.3 Å². The lowest BCUT2D eigenvalue weighted by Gasteiger charge is -1.99. The molecule has 4 amide bonds. The number of aliphatic hydroxyl groups excluding tert-OH is 5. The summed E-state index contributed by atoms with van der Waals surface area (Å²) >= 11 is 0. The summed E-state index contributed by atoms with van der Waals surface area (Å²) in [5.41, 5.74) is 17.6. The molecular weight excluding hydrogens is 532 g/mol. The standard InChI is InChI=1S/2C4H9NO4.C4H6O4.C3H8O3.CH4N2O.2H3N/c2*5-4(7)9-3-8-2-1-6;5-1-3-2-7-4(6)8-3;4-1-2-6-3-5;2-1(3)4;;/h2*6H,1-3H2,(H2,5,7);3,5H,1-2H2;4-5H,1-3H2;(H4,2,3,4);2*1H3. The molecule has 38 heavy (non-hydrogen) atoms. The van der Waals surface area contributed by atoms with Crippen LogP contribution in [0.3, 0.4) is 0 Å². The molecule has 22 nitrogen and oxygen atoms in total. The molecule has 1 saturated heterocycles. The number of rotatable bonds is 12. The number of nitrogens with two attached hydrogens (primary N) is 4. The zero-order valence-corrected chi connectivity index (χ0v) is 20.8. The van der Waals surface area contributed by atoms with E-state index in [1.165, 1.54) is 0 Å². The Morgan fingerprint density at radius 1 is 0.763 bits per heavy atom. The van der Waals surface area contributed by atoms with Gasteiger partial charge in [-0.05, 0) is 0 Å². The van der Waals surface area contributed by atoms with E-state index in [4.69, 9.17) is 30.3 Å². The van der Waals surface area contributed by atoms with Gasteiger partial charge < -0.3 is 93.9 Å². The van der Waals surface area contributed by atoms with Crippen LogP contribution in [0.15, 0.2) is 0 Å². The molecule has 1 unspecified atom stereocenters. The van der Waals surface area contributed by atoms with Crippen molar-refractivity contribution in [2.24, 2.45) is 22.9 Å². The molecule has 0 aromatic carbocycles. The summed E-state index contributed by atoms with van der Waals surface area (Å²) < 4.78 is 30.4. The minimum absolute atomic E-state index is 0. The van der Waals surface area contributed by atoms with E-state index >= 15 is 0 Å².